The van der Waals surface area contributed by atoms with Crippen LogP contribution in [0.5, 0.6) is 0 Å². The normalized spacial score (nSPS) is 24.0. The molecule has 0 radical (unpaired) electrons. The summed E-state index contributed by atoms with van der Waals surface area (Å²) in [4.78, 5) is 0. The van der Waals surface area contributed by atoms with Crippen molar-refractivity contribution in [3.05, 3.63) is 18.0 Å². The molecule has 0 aliphatic carbocycles. The Kier molecular flexibility index (Phi) is 2.84. The highest BCUT2D eigenvalue weighted by molar-refractivity contribution is 5.08. The number of hydrogen-bond donors (Lipinski definition) is 1. The van der Waals surface area contributed by atoms with Crippen LogP contribution in [0.4, 0.5) is 0 Å². The van der Waals surface area contributed by atoms with E-state index in [1.165, 1.54) is 0 Å². The van der Waals surface area contributed by atoms with E-state index in [0.29, 0.717) is 0 Å². The van der Waals surface area contributed by atoms with Crippen molar-refractivity contribution in [1.29, 1.82) is 0 Å². The zero-order chi connectivity index (χ0) is 9.97. The van der Waals surface area contributed by atoms with Crippen molar-refractivity contribution < 1.29 is 4.74 Å². The zero-order valence-corrected chi connectivity index (χ0v) is 8.52. The van der Waals surface area contributed by atoms with Crippen LogP contribution in [0.3, 0.4) is 0 Å². The third-order valence-corrected chi connectivity index (χ3v) is 2.76. The molecule has 0 aromatic carbocycles. The standard InChI is InChI=1S/C10H17N3O/c1-2-13-8(5-6-12-13)10(11)9-4-3-7-14-9/h5-6,9-10H,2-4,7,11H2,1H3. The van der Waals surface area contributed by atoms with Crippen molar-refractivity contribution >= 4 is 0 Å². The van der Waals surface area contributed by atoms with Crippen LogP contribution in [0.25, 0.3) is 0 Å². The molecule has 1 aromatic rings. The molecule has 2 atom stereocenters. The summed E-state index contributed by atoms with van der Waals surface area (Å²) in [7, 11) is 0. The van der Waals surface area contributed by atoms with Gasteiger partial charge in [0.1, 0.15) is 0 Å². The maximum absolute atomic E-state index is 6.14. The highest BCUT2D eigenvalue weighted by Gasteiger charge is 2.26. The first-order valence-electron chi connectivity index (χ1n) is 5.22. The quantitative estimate of drug-likeness (QED) is 0.785. The lowest BCUT2D eigenvalue weighted by Gasteiger charge is -2.19. The monoisotopic (exact) mass is 195 g/mol. The molecule has 2 N–H and O–H groups in total. The lowest BCUT2D eigenvalue weighted by atomic mass is 10.1. The summed E-state index contributed by atoms with van der Waals surface area (Å²) in [6.07, 6.45) is 4.17. The first-order chi connectivity index (χ1) is 6.83. The van der Waals surface area contributed by atoms with E-state index >= 15 is 0 Å². The molecular weight excluding hydrogens is 178 g/mol. The summed E-state index contributed by atoms with van der Waals surface area (Å²) in [6, 6.07) is 1.95. The van der Waals surface area contributed by atoms with Crippen molar-refractivity contribution in [2.24, 2.45) is 5.73 Å². The largest absolute Gasteiger partial charge is 0.376 e. The van der Waals surface area contributed by atoms with Gasteiger partial charge in [0, 0.05) is 19.3 Å². The van der Waals surface area contributed by atoms with Crippen LogP contribution in [0.1, 0.15) is 31.5 Å². The van der Waals surface area contributed by atoms with Gasteiger partial charge in [0.2, 0.25) is 0 Å². The average molecular weight is 195 g/mol. The van der Waals surface area contributed by atoms with Gasteiger partial charge in [-0.15, -0.1) is 0 Å². The van der Waals surface area contributed by atoms with E-state index in [-0.39, 0.29) is 12.1 Å². The Morgan fingerprint density at radius 1 is 1.79 bits per heavy atom. The Hall–Kier alpha value is -0.870. The molecule has 4 heteroatoms. The minimum atomic E-state index is -0.0278. The topological polar surface area (TPSA) is 53.1 Å². The van der Waals surface area contributed by atoms with Crippen LogP contribution >= 0.6 is 0 Å². The number of nitrogens with two attached hydrogens (primary N) is 1. The Morgan fingerprint density at radius 2 is 2.64 bits per heavy atom. The second kappa shape index (κ2) is 4.11. The van der Waals surface area contributed by atoms with E-state index < -0.39 is 0 Å². The lowest BCUT2D eigenvalue weighted by Crippen LogP contribution is -2.28. The minimum Gasteiger partial charge on any atom is -0.376 e. The van der Waals surface area contributed by atoms with Crippen molar-refractivity contribution in [1.82, 2.24) is 9.78 Å². The fourth-order valence-corrected chi connectivity index (χ4v) is 1.97. The molecule has 0 amide bonds. The zero-order valence-electron chi connectivity index (χ0n) is 8.52. The van der Waals surface area contributed by atoms with Gasteiger partial charge in [-0.05, 0) is 25.8 Å². The average Bonchev–Trinajstić information content (AvgIpc) is 2.87. The fraction of sp³-hybridized carbons (Fsp3) is 0.700. The van der Waals surface area contributed by atoms with Gasteiger partial charge in [0.15, 0.2) is 0 Å². The Labute approximate surface area is 84.0 Å². The number of hydrogen-bond acceptors (Lipinski definition) is 3. The molecule has 0 saturated carbocycles. The number of nitrogens with zero attached hydrogens (tertiary/aromatic N) is 2. The second-order valence-electron chi connectivity index (χ2n) is 3.65. The van der Waals surface area contributed by atoms with E-state index in [9.17, 15) is 0 Å². The smallest absolute Gasteiger partial charge is 0.0783 e. The van der Waals surface area contributed by atoms with E-state index in [1.54, 1.807) is 6.20 Å². The van der Waals surface area contributed by atoms with Crippen LogP contribution in [0.15, 0.2) is 12.3 Å². The van der Waals surface area contributed by atoms with E-state index in [4.69, 9.17) is 10.5 Å². The summed E-state index contributed by atoms with van der Waals surface area (Å²) >= 11 is 0. The van der Waals surface area contributed by atoms with Crippen molar-refractivity contribution in [2.45, 2.75) is 38.5 Å². The second-order valence-corrected chi connectivity index (χ2v) is 3.65. The van der Waals surface area contributed by atoms with Gasteiger partial charge in [-0.25, -0.2) is 0 Å². The van der Waals surface area contributed by atoms with Crippen LogP contribution in [0.2, 0.25) is 0 Å². The van der Waals surface area contributed by atoms with E-state index in [1.807, 2.05) is 10.7 Å². The number of aromatic nitrogens is 2. The minimum absolute atomic E-state index is 0.0278. The summed E-state index contributed by atoms with van der Waals surface area (Å²) < 4.78 is 7.51. The van der Waals surface area contributed by atoms with Crippen LogP contribution in [-0.2, 0) is 11.3 Å². The van der Waals surface area contributed by atoms with Gasteiger partial charge in [-0.3, -0.25) is 4.68 Å². The molecule has 14 heavy (non-hydrogen) atoms. The predicted molar refractivity (Wildman–Crippen MR) is 53.8 cm³/mol. The van der Waals surface area contributed by atoms with Gasteiger partial charge in [-0.2, -0.15) is 5.10 Å². The molecule has 2 rings (SSSR count). The molecule has 1 aromatic heterocycles. The van der Waals surface area contributed by atoms with Crippen LogP contribution < -0.4 is 5.73 Å². The maximum Gasteiger partial charge on any atom is 0.0783 e. The van der Waals surface area contributed by atoms with Gasteiger partial charge >= 0.3 is 0 Å². The molecule has 0 spiro atoms. The fourth-order valence-electron chi connectivity index (χ4n) is 1.97. The number of ether oxygens (including phenoxy) is 1. The van der Waals surface area contributed by atoms with Gasteiger partial charge < -0.3 is 10.5 Å². The molecule has 4 nitrogen and oxygen atoms in total. The van der Waals surface area contributed by atoms with E-state index in [0.717, 1.165) is 31.7 Å². The molecule has 1 saturated heterocycles. The van der Waals surface area contributed by atoms with Gasteiger partial charge in [0.05, 0.1) is 17.8 Å². The summed E-state index contributed by atoms with van der Waals surface area (Å²) in [6.45, 7) is 3.78. The molecular formula is C10H17N3O. The number of rotatable bonds is 3. The Balaban J connectivity index is 2.12. The third-order valence-electron chi connectivity index (χ3n) is 2.76. The molecule has 1 aliphatic heterocycles. The summed E-state index contributed by atoms with van der Waals surface area (Å²) in [5.74, 6) is 0. The molecule has 1 fully saturated rings. The molecule has 1 aliphatic rings. The van der Waals surface area contributed by atoms with E-state index in [2.05, 4.69) is 12.0 Å². The highest BCUT2D eigenvalue weighted by Crippen LogP contribution is 2.24. The molecule has 2 unspecified atom stereocenters. The van der Waals surface area contributed by atoms with Crippen LogP contribution in [-0.4, -0.2) is 22.5 Å². The lowest BCUT2D eigenvalue weighted by molar-refractivity contribution is 0.0876. The predicted octanol–water partition coefficient (Wildman–Crippen LogP) is 1.08. The van der Waals surface area contributed by atoms with Crippen molar-refractivity contribution in [3.8, 4) is 0 Å². The van der Waals surface area contributed by atoms with Crippen LogP contribution in [0, 0.1) is 0 Å². The Morgan fingerprint density at radius 3 is 3.29 bits per heavy atom. The number of aryl methyl sites for hydroxylation is 1. The first kappa shape index (κ1) is 9.68. The SMILES string of the molecule is CCn1nccc1C(N)C1CCCO1. The Bertz CT molecular complexity index is 291. The van der Waals surface area contributed by atoms with Crippen molar-refractivity contribution in [2.75, 3.05) is 6.61 Å². The maximum atomic E-state index is 6.14. The molecule has 78 valence electrons. The van der Waals surface area contributed by atoms with Gasteiger partial charge in [-0.1, -0.05) is 0 Å². The first-order valence-corrected chi connectivity index (χ1v) is 5.22. The molecule has 0 bridgehead atoms. The summed E-state index contributed by atoms with van der Waals surface area (Å²) in [5.41, 5.74) is 7.22. The summed E-state index contributed by atoms with van der Waals surface area (Å²) in [5, 5.41) is 4.21. The van der Waals surface area contributed by atoms with Crippen molar-refractivity contribution in [3.63, 3.8) is 0 Å². The van der Waals surface area contributed by atoms with Gasteiger partial charge in [0.25, 0.3) is 0 Å². The third kappa shape index (κ3) is 1.67. The highest BCUT2D eigenvalue weighted by atomic mass is 16.5. The molecule has 2 heterocycles.